The van der Waals surface area contributed by atoms with Gasteiger partial charge in [0.25, 0.3) is 0 Å². The monoisotopic (exact) mass is 384 g/mol. The minimum absolute atomic E-state index is 0.0230. The van der Waals surface area contributed by atoms with E-state index in [9.17, 15) is 13.2 Å². The van der Waals surface area contributed by atoms with Gasteiger partial charge in [-0.2, -0.15) is 0 Å². The lowest BCUT2D eigenvalue weighted by Crippen LogP contribution is -2.20. The molecule has 0 unspecified atom stereocenters. The molecule has 0 saturated heterocycles. The fourth-order valence-electron chi connectivity index (χ4n) is 1.85. The van der Waals surface area contributed by atoms with Crippen LogP contribution in [0.4, 0.5) is 0 Å². The highest BCUT2D eigenvalue weighted by Gasteiger charge is 2.07. The Kier molecular flexibility index (Phi) is 6.01. The second-order valence-corrected chi connectivity index (χ2v) is 7.31. The van der Waals surface area contributed by atoms with Gasteiger partial charge >= 0.3 is 0 Å². The first kappa shape index (κ1) is 18.5. The van der Waals surface area contributed by atoms with Gasteiger partial charge in [-0.15, -0.1) is 0 Å². The molecular weight excluding hydrogens is 371 g/mol. The maximum absolute atomic E-state index is 11.8. The molecule has 0 fully saturated rings. The number of halogens is 2. The van der Waals surface area contributed by atoms with Crippen LogP contribution in [0.2, 0.25) is 10.0 Å². The zero-order valence-electron chi connectivity index (χ0n) is 12.4. The number of nitrogens with two attached hydrogens (primary N) is 1. The maximum Gasteiger partial charge on any atom is 0.244 e. The molecule has 1 amide bonds. The molecule has 0 saturated carbocycles. The van der Waals surface area contributed by atoms with Gasteiger partial charge in [0.05, 0.1) is 4.90 Å². The van der Waals surface area contributed by atoms with E-state index >= 15 is 0 Å². The van der Waals surface area contributed by atoms with Crippen molar-refractivity contribution < 1.29 is 13.2 Å². The van der Waals surface area contributed by atoms with Gasteiger partial charge < -0.3 is 5.32 Å². The Morgan fingerprint density at radius 3 is 2.38 bits per heavy atom. The summed E-state index contributed by atoms with van der Waals surface area (Å²) in [6.45, 7) is 0.252. The first-order valence-electron chi connectivity index (χ1n) is 6.78. The highest BCUT2D eigenvalue weighted by Crippen LogP contribution is 2.21. The Morgan fingerprint density at radius 2 is 1.79 bits per heavy atom. The SMILES string of the molecule is NS(=O)(=O)c1ccc(CNC(=O)C=Cc2ccc(Cl)cc2Cl)cc1. The van der Waals surface area contributed by atoms with Crippen molar-refractivity contribution in [3.63, 3.8) is 0 Å². The van der Waals surface area contributed by atoms with E-state index in [0.29, 0.717) is 15.6 Å². The van der Waals surface area contributed by atoms with Gasteiger partial charge in [0.2, 0.25) is 15.9 Å². The van der Waals surface area contributed by atoms with Crippen LogP contribution in [-0.4, -0.2) is 14.3 Å². The third-order valence-corrected chi connectivity index (χ3v) is 4.59. The van der Waals surface area contributed by atoms with Crippen LogP contribution in [0.3, 0.4) is 0 Å². The van der Waals surface area contributed by atoms with E-state index in [1.54, 1.807) is 36.4 Å². The van der Waals surface area contributed by atoms with Crippen molar-refractivity contribution in [1.82, 2.24) is 5.32 Å². The number of hydrogen-bond acceptors (Lipinski definition) is 3. The van der Waals surface area contributed by atoms with E-state index in [1.165, 1.54) is 18.2 Å². The lowest BCUT2D eigenvalue weighted by molar-refractivity contribution is -0.116. The predicted octanol–water partition coefficient (Wildman–Crippen LogP) is 2.97. The largest absolute Gasteiger partial charge is 0.348 e. The van der Waals surface area contributed by atoms with Crippen LogP contribution in [0.15, 0.2) is 53.4 Å². The van der Waals surface area contributed by atoms with E-state index in [1.807, 2.05) is 0 Å². The van der Waals surface area contributed by atoms with E-state index in [2.05, 4.69) is 5.32 Å². The highest BCUT2D eigenvalue weighted by molar-refractivity contribution is 7.89. The summed E-state index contributed by atoms with van der Waals surface area (Å²) in [5.74, 6) is -0.309. The first-order valence-corrected chi connectivity index (χ1v) is 9.08. The number of amides is 1. The average molecular weight is 385 g/mol. The fourth-order valence-corrected chi connectivity index (χ4v) is 2.83. The van der Waals surface area contributed by atoms with Crippen LogP contribution >= 0.6 is 23.2 Å². The van der Waals surface area contributed by atoms with Crippen molar-refractivity contribution in [2.24, 2.45) is 5.14 Å². The van der Waals surface area contributed by atoms with Crippen molar-refractivity contribution in [3.8, 4) is 0 Å². The molecule has 0 aliphatic rings. The van der Waals surface area contributed by atoms with Crippen molar-refractivity contribution in [3.05, 3.63) is 69.7 Å². The third kappa shape index (κ3) is 5.35. The van der Waals surface area contributed by atoms with Gasteiger partial charge in [-0.1, -0.05) is 41.4 Å². The molecule has 0 heterocycles. The number of carbonyl (C=O) groups excluding carboxylic acids is 1. The van der Waals surface area contributed by atoms with E-state index in [0.717, 1.165) is 5.56 Å². The molecule has 126 valence electrons. The zero-order chi connectivity index (χ0) is 17.7. The Bertz CT molecular complexity index is 879. The van der Waals surface area contributed by atoms with Crippen molar-refractivity contribution in [2.45, 2.75) is 11.4 Å². The molecule has 0 spiro atoms. The van der Waals surface area contributed by atoms with Gasteiger partial charge in [-0.05, 0) is 41.5 Å². The summed E-state index contributed by atoms with van der Waals surface area (Å²) in [7, 11) is -3.72. The molecule has 0 aliphatic carbocycles. The van der Waals surface area contributed by atoms with Crippen molar-refractivity contribution in [2.75, 3.05) is 0 Å². The number of carbonyl (C=O) groups is 1. The van der Waals surface area contributed by atoms with Crippen LogP contribution < -0.4 is 10.5 Å². The summed E-state index contributed by atoms with van der Waals surface area (Å²) in [5, 5.41) is 8.67. The Balaban J connectivity index is 1.94. The van der Waals surface area contributed by atoms with E-state index < -0.39 is 10.0 Å². The molecule has 24 heavy (non-hydrogen) atoms. The number of benzene rings is 2. The van der Waals surface area contributed by atoms with Gasteiger partial charge in [0, 0.05) is 22.7 Å². The molecule has 0 aliphatic heterocycles. The summed E-state index contributed by atoms with van der Waals surface area (Å²) >= 11 is 11.8. The Morgan fingerprint density at radius 1 is 1.12 bits per heavy atom. The van der Waals surface area contributed by atoms with Gasteiger partial charge in [0.1, 0.15) is 0 Å². The normalized spacial score (nSPS) is 11.6. The molecular formula is C16H14Cl2N2O3S. The molecule has 5 nitrogen and oxygen atoms in total. The maximum atomic E-state index is 11.8. The summed E-state index contributed by atoms with van der Waals surface area (Å²) in [6.07, 6.45) is 2.94. The number of sulfonamides is 1. The minimum Gasteiger partial charge on any atom is -0.348 e. The lowest BCUT2D eigenvalue weighted by atomic mass is 10.2. The second-order valence-electron chi connectivity index (χ2n) is 4.91. The summed E-state index contributed by atoms with van der Waals surface area (Å²) in [4.78, 5) is 11.8. The topological polar surface area (TPSA) is 89.3 Å². The predicted molar refractivity (Wildman–Crippen MR) is 95.2 cm³/mol. The molecule has 0 atom stereocenters. The number of nitrogens with one attached hydrogen (secondary N) is 1. The molecule has 0 aromatic heterocycles. The second kappa shape index (κ2) is 7.81. The van der Waals surface area contributed by atoms with Gasteiger partial charge in [0.15, 0.2) is 0 Å². The Hall–Kier alpha value is -1.86. The lowest BCUT2D eigenvalue weighted by Gasteiger charge is -2.04. The summed E-state index contributed by atoms with van der Waals surface area (Å²) in [6, 6.07) is 10.9. The molecule has 8 heteroatoms. The highest BCUT2D eigenvalue weighted by atomic mass is 35.5. The molecule has 2 aromatic carbocycles. The Labute approximate surface area is 150 Å². The van der Waals surface area contributed by atoms with Crippen molar-refractivity contribution >= 4 is 45.2 Å². The minimum atomic E-state index is -3.72. The van der Waals surface area contributed by atoms with Gasteiger partial charge in [-0.3, -0.25) is 4.79 Å². The van der Waals surface area contributed by atoms with Crippen LogP contribution in [0.5, 0.6) is 0 Å². The molecule has 0 bridgehead atoms. The molecule has 2 aromatic rings. The summed E-state index contributed by atoms with van der Waals surface area (Å²) < 4.78 is 22.3. The molecule has 3 N–H and O–H groups in total. The first-order chi connectivity index (χ1) is 11.3. The standard InChI is InChI=1S/C16H14Cl2N2O3S/c17-13-5-3-12(15(18)9-13)4-8-16(21)20-10-11-1-6-14(7-2-11)24(19,22)23/h1-9H,10H2,(H,20,21)(H2,19,22,23). The van der Waals surface area contributed by atoms with Crippen LogP contribution in [0, 0.1) is 0 Å². The van der Waals surface area contributed by atoms with Crippen LogP contribution in [0.25, 0.3) is 6.08 Å². The molecule has 0 radical (unpaired) electrons. The van der Waals surface area contributed by atoms with Crippen LogP contribution in [0.1, 0.15) is 11.1 Å². The van der Waals surface area contributed by atoms with E-state index in [4.69, 9.17) is 28.3 Å². The number of rotatable bonds is 5. The number of primary sulfonamides is 1. The van der Waals surface area contributed by atoms with Crippen LogP contribution in [-0.2, 0) is 21.4 Å². The average Bonchev–Trinajstić information content (AvgIpc) is 2.51. The van der Waals surface area contributed by atoms with Crippen molar-refractivity contribution in [1.29, 1.82) is 0 Å². The van der Waals surface area contributed by atoms with Gasteiger partial charge in [-0.25, -0.2) is 13.6 Å². The fraction of sp³-hybridized carbons (Fsp3) is 0.0625. The quantitative estimate of drug-likeness (QED) is 0.776. The summed E-state index contributed by atoms with van der Waals surface area (Å²) in [5.41, 5.74) is 1.42. The third-order valence-electron chi connectivity index (χ3n) is 3.10. The smallest absolute Gasteiger partial charge is 0.244 e. The van der Waals surface area contributed by atoms with E-state index in [-0.39, 0.29) is 17.3 Å². The zero-order valence-corrected chi connectivity index (χ0v) is 14.7. The molecule has 2 rings (SSSR count). The number of hydrogen-bond donors (Lipinski definition) is 2.